The van der Waals surface area contributed by atoms with Crippen LogP contribution in [0.4, 0.5) is 0 Å². The van der Waals surface area contributed by atoms with Crippen molar-refractivity contribution in [3.05, 3.63) is 29.3 Å². The molecule has 0 aliphatic rings. The number of benzene rings is 1. The second-order valence-corrected chi connectivity index (χ2v) is 5.03. The van der Waals surface area contributed by atoms with Gasteiger partial charge in [0.15, 0.2) is 0 Å². The number of ether oxygens (including phenoxy) is 2. The van der Waals surface area contributed by atoms with E-state index in [9.17, 15) is 5.11 Å². The average Bonchev–Trinajstić information content (AvgIpc) is 2.47. The summed E-state index contributed by atoms with van der Waals surface area (Å²) in [6.45, 7) is 5.46. The Kier molecular flexibility index (Phi) is 7.59. The van der Waals surface area contributed by atoms with Crippen LogP contribution in [0, 0.1) is 0 Å². The molecule has 0 radical (unpaired) electrons. The van der Waals surface area contributed by atoms with E-state index in [1.807, 2.05) is 13.0 Å². The van der Waals surface area contributed by atoms with Gasteiger partial charge in [-0.3, -0.25) is 0 Å². The van der Waals surface area contributed by atoms with Gasteiger partial charge in [-0.2, -0.15) is 0 Å². The Balaban J connectivity index is 2.63. The Morgan fingerprint density at radius 1 is 1.30 bits per heavy atom. The van der Waals surface area contributed by atoms with Gasteiger partial charge in [-0.05, 0) is 44.0 Å². The Morgan fingerprint density at radius 2 is 2.05 bits per heavy atom. The molecule has 1 aromatic rings. The van der Waals surface area contributed by atoms with E-state index in [1.54, 1.807) is 14.2 Å². The van der Waals surface area contributed by atoms with Crippen molar-refractivity contribution in [2.75, 3.05) is 20.8 Å². The summed E-state index contributed by atoms with van der Waals surface area (Å²) >= 11 is 0. The predicted octanol–water partition coefficient (Wildman–Crippen LogP) is 2.65. The molecule has 2 unspecified atom stereocenters. The van der Waals surface area contributed by atoms with Crippen molar-refractivity contribution in [3.63, 3.8) is 0 Å². The first-order valence-corrected chi connectivity index (χ1v) is 7.19. The van der Waals surface area contributed by atoms with E-state index >= 15 is 0 Å². The van der Waals surface area contributed by atoms with Gasteiger partial charge >= 0.3 is 0 Å². The lowest BCUT2D eigenvalue weighted by molar-refractivity contribution is 0.159. The van der Waals surface area contributed by atoms with Crippen molar-refractivity contribution in [2.45, 2.75) is 45.4 Å². The molecule has 1 rings (SSSR count). The van der Waals surface area contributed by atoms with Gasteiger partial charge in [0.05, 0.1) is 19.8 Å². The number of methoxy groups -OCH3 is 2. The minimum atomic E-state index is -0.213. The molecule has 2 N–H and O–H groups in total. The third-order valence-electron chi connectivity index (χ3n) is 3.50. The summed E-state index contributed by atoms with van der Waals surface area (Å²) in [5.41, 5.74) is 2.25. The number of nitrogens with one attached hydrogen (secondary N) is 1. The molecule has 0 aromatic heterocycles. The van der Waals surface area contributed by atoms with Crippen molar-refractivity contribution in [2.24, 2.45) is 0 Å². The van der Waals surface area contributed by atoms with Gasteiger partial charge in [0.2, 0.25) is 0 Å². The third kappa shape index (κ3) is 5.12. The van der Waals surface area contributed by atoms with Gasteiger partial charge in [0, 0.05) is 18.7 Å². The van der Waals surface area contributed by atoms with Crippen molar-refractivity contribution < 1.29 is 14.6 Å². The first-order chi connectivity index (χ1) is 9.62. The molecular weight excluding hydrogens is 254 g/mol. The predicted molar refractivity (Wildman–Crippen MR) is 81.0 cm³/mol. The molecule has 0 spiro atoms. The number of rotatable bonds is 9. The molecule has 0 fully saturated rings. The lowest BCUT2D eigenvalue weighted by atomic mass is 10.0. The summed E-state index contributed by atoms with van der Waals surface area (Å²) in [5, 5.41) is 13.0. The fourth-order valence-electron chi connectivity index (χ4n) is 2.12. The quantitative estimate of drug-likeness (QED) is 0.730. The van der Waals surface area contributed by atoms with Crippen molar-refractivity contribution >= 4 is 0 Å². The van der Waals surface area contributed by atoms with Crippen LogP contribution in [0.25, 0.3) is 0 Å². The van der Waals surface area contributed by atoms with Crippen molar-refractivity contribution in [1.29, 1.82) is 0 Å². The summed E-state index contributed by atoms with van der Waals surface area (Å²) < 4.78 is 10.5. The molecule has 1 aromatic carbocycles. The maximum absolute atomic E-state index is 9.55. The molecule has 4 heteroatoms. The van der Waals surface area contributed by atoms with Gasteiger partial charge in [-0.15, -0.1) is 0 Å². The third-order valence-corrected chi connectivity index (χ3v) is 3.50. The van der Waals surface area contributed by atoms with E-state index in [1.165, 1.54) is 5.56 Å². The van der Waals surface area contributed by atoms with Crippen LogP contribution in [0.15, 0.2) is 18.2 Å². The summed E-state index contributed by atoms with van der Waals surface area (Å²) in [6, 6.07) is 6.38. The zero-order valence-corrected chi connectivity index (χ0v) is 13.0. The molecular formula is C16H27NO3. The number of aliphatic hydroxyl groups is 1. The summed E-state index contributed by atoms with van der Waals surface area (Å²) in [4.78, 5) is 0. The molecule has 0 saturated carbocycles. The van der Waals surface area contributed by atoms with E-state index in [-0.39, 0.29) is 12.1 Å². The average molecular weight is 281 g/mol. The molecule has 20 heavy (non-hydrogen) atoms. The first kappa shape index (κ1) is 17.0. The largest absolute Gasteiger partial charge is 0.496 e. The minimum Gasteiger partial charge on any atom is -0.496 e. The van der Waals surface area contributed by atoms with Crippen LogP contribution in [0.2, 0.25) is 0 Å². The molecule has 0 heterocycles. The Hall–Kier alpha value is -1.10. The second-order valence-electron chi connectivity index (χ2n) is 5.03. The molecule has 0 saturated heterocycles. The van der Waals surface area contributed by atoms with Crippen molar-refractivity contribution in [3.8, 4) is 5.75 Å². The molecule has 0 aliphatic carbocycles. The number of aliphatic hydroxyl groups excluding tert-OH is 1. The molecule has 114 valence electrons. The highest BCUT2D eigenvalue weighted by molar-refractivity contribution is 5.38. The number of hydrogen-bond donors (Lipinski definition) is 2. The topological polar surface area (TPSA) is 50.7 Å². The second kappa shape index (κ2) is 8.95. The highest BCUT2D eigenvalue weighted by Crippen LogP contribution is 2.24. The van der Waals surface area contributed by atoms with Crippen LogP contribution in [0.3, 0.4) is 0 Å². The van der Waals surface area contributed by atoms with Crippen LogP contribution < -0.4 is 10.1 Å². The lowest BCUT2D eigenvalue weighted by Crippen LogP contribution is -2.23. The van der Waals surface area contributed by atoms with Gasteiger partial charge in [-0.25, -0.2) is 0 Å². The number of hydrogen-bond acceptors (Lipinski definition) is 4. The molecule has 0 aliphatic heterocycles. The van der Waals surface area contributed by atoms with Gasteiger partial charge in [0.25, 0.3) is 0 Å². The monoisotopic (exact) mass is 281 g/mol. The summed E-state index contributed by atoms with van der Waals surface area (Å²) in [6.07, 6.45) is 1.37. The maximum atomic E-state index is 9.55. The van der Waals surface area contributed by atoms with E-state index in [2.05, 4.69) is 24.4 Å². The lowest BCUT2D eigenvalue weighted by Gasteiger charge is -2.17. The van der Waals surface area contributed by atoms with Crippen LogP contribution in [0.1, 0.15) is 43.9 Å². The molecule has 0 bridgehead atoms. The van der Waals surface area contributed by atoms with Crippen molar-refractivity contribution in [1.82, 2.24) is 5.32 Å². The van der Waals surface area contributed by atoms with E-state index in [4.69, 9.17) is 9.47 Å². The van der Waals surface area contributed by atoms with Gasteiger partial charge in [-0.1, -0.05) is 13.0 Å². The summed E-state index contributed by atoms with van der Waals surface area (Å²) in [7, 11) is 3.35. The highest BCUT2D eigenvalue weighted by Gasteiger charge is 2.10. The SMILES string of the molecule is CCC(O)CCNC(C)c1ccc(OC)c(COC)c1. The smallest absolute Gasteiger partial charge is 0.124 e. The normalized spacial score (nSPS) is 14.1. The van der Waals surface area contributed by atoms with Crippen LogP contribution >= 0.6 is 0 Å². The Labute approximate surface area is 122 Å². The fraction of sp³-hybridized carbons (Fsp3) is 0.625. The van der Waals surface area contributed by atoms with E-state index < -0.39 is 0 Å². The highest BCUT2D eigenvalue weighted by atomic mass is 16.5. The van der Waals surface area contributed by atoms with E-state index in [0.29, 0.717) is 6.61 Å². The molecule has 2 atom stereocenters. The van der Waals surface area contributed by atoms with Crippen LogP contribution in [0.5, 0.6) is 5.75 Å². The zero-order chi connectivity index (χ0) is 15.0. The minimum absolute atomic E-state index is 0.213. The summed E-state index contributed by atoms with van der Waals surface area (Å²) in [5.74, 6) is 0.851. The zero-order valence-electron chi connectivity index (χ0n) is 13.0. The molecule has 0 amide bonds. The fourth-order valence-corrected chi connectivity index (χ4v) is 2.12. The molecule has 4 nitrogen and oxygen atoms in total. The standard InChI is InChI=1S/C16H27NO3/c1-5-15(18)8-9-17-12(2)13-6-7-16(20-4)14(10-13)11-19-3/h6-7,10,12,15,17-18H,5,8-9,11H2,1-4H3. The first-order valence-electron chi connectivity index (χ1n) is 7.19. The van der Waals surface area contributed by atoms with Gasteiger partial charge in [0.1, 0.15) is 5.75 Å². The van der Waals surface area contributed by atoms with Crippen LogP contribution in [-0.4, -0.2) is 32.0 Å². The van der Waals surface area contributed by atoms with E-state index in [0.717, 1.165) is 30.7 Å². The Morgan fingerprint density at radius 3 is 2.65 bits per heavy atom. The van der Waals surface area contributed by atoms with Gasteiger partial charge < -0.3 is 19.9 Å². The van der Waals surface area contributed by atoms with Crippen LogP contribution in [-0.2, 0) is 11.3 Å². The maximum Gasteiger partial charge on any atom is 0.124 e. The Bertz CT molecular complexity index is 395.